The molecule has 174 valence electrons. The van der Waals surface area contributed by atoms with E-state index in [9.17, 15) is 0 Å². The van der Waals surface area contributed by atoms with Gasteiger partial charge in [-0.25, -0.2) is 0 Å². The third-order valence-corrected chi connectivity index (χ3v) is 6.36. The van der Waals surface area contributed by atoms with Crippen molar-refractivity contribution in [3.63, 3.8) is 0 Å². The molecule has 0 fully saturated rings. The van der Waals surface area contributed by atoms with Crippen molar-refractivity contribution in [3.05, 3.63) is 93.5 Å². The number of halogens is 2. The van der Waals surface area contributed by atoms with Crippen LogP contribution in [0, 0.1) is 0 Å². The minimum atomic E-state index is -0.580. The average Bonchev–Trinajstić information content (AvgIpc) is 2.78. The maximum absolute atomic E-state index is 6.40. The Morgan fingerprint density at radius 3 is 2.55 bits per heavy atom. The van der Waals surface area contributed by atoms with Crippen LogP contribution in [0.25, 0.3) is 0 Å². The first-order valence-corrected chi connectivity index (χ1v) is 11.9. The van der Waals surface area contributed by atoms with E-state index >= 15 is 0 Å². The first-order chi connectivity index (χ1) is 15.9. The molecule has 3 aromatic rings. The van der Waals surface area contributed by atoms with E-state index < -0.39 is 5.60 Å². The molecule has 0 spiro atoms. The fourth-order valence-electron chi connectivity index (χ4n) is 4.13. The summed E-state index contributed by atoms with van der Waals surface area (Å²) in [5.41, 5.74) is 3.42. The summed E-state index contributed by atoms with van der Waals surface area (Å²) in [5.74, 6) is 0.810. The minimum Gasteiger partial charge on any atom is -0.485 e. The van der Waals surface area contributed by atoms with Crippen molar-refractivity contribution in [2.24, 2.45) is 0 Å². The van der Waals surface area contributed by atoms with Crippen LogP contribution in [0.4, 0.5) is 5.69 Å². The van der Waals surface area contributed by atoms with E-state index in [1.807, 2.05) is 81.4 Å². The van der Waals surface area contributed by atoms with Crippen molar-refractivity contribution in [2.75, 3.05) is 11.9 Å². The summed E-state index contributed by atoms with van der Waals surface area (Å²) in [5, 5.41) is 4.89. The number of hydrogen-bond acceptors (Lipinski definition) is 4. The van der Waals surface area contributed by atoms with Crippen LogP contribution in [0.3, 0.4) is 0 Å². The predicted molar refractivity (Wildman–Crippen MR) is 134 cm³/mol. The number of benzene rings is 3. The zero-order chi connectivity index (χ0) is 23.4. The average molecular weight is 486 g/mol. The van der Waals surface area contributed by atoms with Gasteiger partial charge in [-0.2, -0.15) is 0 Å². The van der Waals surface area contributed by atoms with E-state index in [1.165, 1.54) is 0 Å². The minimum absolute atomic E-state index is 0.274. The maximum atomic E-state index is 6.40. The summed E-state index contributed by atoms with van der Waals surface area (Å²) >= 11 is 12.5. The van der Waals surface area contributed by atoms with E-state index in [0.29, 0.717) is 24.8 Å². The van der Waals surface area contributed by atoms with E-state index in [-0.39, 0.29) is 12.2 Å². The quantitative estimate of drug-likeness (QED) is 0.359. The molecule has 0 radical (unpaired) electrons. The molecule has 1 aliphatic rings. The monoisotopic (exact) mass is 485 g/mol. The van der Waals surface area contributed by atoms with Gasteiger partial charge >= 0.3 is 0 Å². The highest BCUT2D eigenvalue weighted by atomic mass is 35.5. The first kappa shape index (κ1) is 23.9. The van der Waals surface area contributed by atoms with Crippen molar-refractivity contribution in [1.82, 2.24) is 0 Å². The van der Waals surface area contributed by atoms with Gasteiger partial charge in [-0.1, -0.05) is 53.5 Å². The molecule has 2 atom stereocenters. The fraction of sp³-hybridized carbons (Fsp3) is 0.333. The zero-order valence-electron chi connectivity index (χ0n) is 19.1. The SMILES string of the molecule is CCOC1c2cc(NCc3cccc(Cl)c3)ccc2OC(C)(C)C1OCc1ccccc1Cl. The molecule has 33 heavy (non-hydrogen) atoms. The summed E-state index contributed by atoms with van der Waals surface area (Å²) in [7, 11) is 0. The van der Waals surface area contributed by atoms with Gasteiger partial charge in [-0.15, -0.1) is 0 Å². The van der Waals surface area contributed by atoms with Gasteiger partial charge in [0.15, 0.2) is 0 Å². The van der Waals surface area contributed by atoms with Crippen LogP contribution >= 0.6 is 23.2 Å². The number of anilines is 1. The molecular formula is C27H29Cl2NO3. The molecule has 0 bridgehead atoms. The largest absolute Gasteiger partial charge is 0.485 e. The summed E-state index contributed by atoms with van der Waals surface area (Å²) < 4.78 is 19.0. The lowest BCUT2D eigenvalue weighted by molar-refractivity contribution is -0.165. The van der Waals surface area contributed by atoms with Crippen LogP contribution in [0.5, 0.6) is 5.75 Å². The molecule has 6 heteroatoms. The second-order valence-corrected chi connectivity index (χ2v) is 9.48. The molecule has 1 aliphatic heterocycles. The molecule has 0 aromatic heterocycles. The third-order valence-electron chi connectivity index (χ3n) is 5.76. The first-order valence-electron chi connectivity index (χ1n) is 11.2. The van der Waals surface area contributed by atoms with E-state index in [0.717, 1.165) is 33.1 Å². The molecule has 1 heterocycles. The van der Waals surface area contributed by atoms with Crippen LogP contribution in [-0.4, -0.2) is 18.3 Å². The molecule has 0 aliphatic carbocycles. The Hall–Kier alpha value is -2.24. The van der Waals surface area contributed by atoms with Gasteiger partial charge in [0.05, 0.1) is 6.61 Å². The smallest absolute Gasteiger partial charge is 0.132 e. The van der Waals surface area contributed by atoms with Gasteiger partial charge in [0.2, 0.25) is 0 Å². The van der Waals surface area contributed by atoms with Crippen LogP contribution in [-0.2, 0) is 22.6 Å². The Bertz CT molecular complexity index is 1100. The highest BCUT2D eigenvalue weighted by molar-refractivity contribution is 6.31. The second-order valence-electron chi connectivity index (χ2n) is 8.64. The summed E-state index contributed by atoms with van der Waals surface area (Å²) in [4.78, 5) is 0. The Labute approximate surface area is 205 Å². The molecule has 1 N–H and O–H groups in total. The van der Waals surface area contributed by atoms with E-state index in [4.69, 9.17) is 37.4 Å². The summed E-state index contributed by atoms with van der Waals surface area (Å²) in [6.45, 7) is 7.66. The highest BCUT2D eigenvalue weighted by Gasteiger charge is 2.45. The number of rotatable bonds is 8. The Morgan fingerprint density at radius 2 is 1.79 bits per heavy atom. The highest BCUT2D eigenvalue weighted by Crippen LogP contribution is 2.44. The molecule has 4 rings (SSSR count). The normalized spacial score (nSPS) is 18.9. The Morgan fingerprint density at radius 1 is 0.970 bits per heavy atom. The fourth-order valence-corrected chi connectivity index (χ4v) is 4.54. The van der Waals surface area contributed by atoms with Gasteiger partial charge in [0.1, 0.15) is 23.6 Å². The third kappa shape index (κ3) is 5.64. The molecule has 0 saturated heterocycles. The number of fused-ring (bicyclic) bond motifs is 1. The van der Waals surface area contributed by atoms with E-state index in [2.05, 4.69) is 11.4 Å². The topological polar surface area (TPSA) is 39.7 Å². The second kappa shape index (κ2) is 10.4. The molecular weight excluding hydrogens is 457 g/mol. The number of ether oxygens (including phenoxy) is 3. The van der Waals surface area contributed by atoms with E-state index in [1.54, 1.807) is 0 Å². The van der Waals surface area contributed by atoms with Crippen molar-refractivity contribution >= 4 is 28.9 Å². The Balaban J connectivity index is 1.57. The van der Waals surface area contributed by atoms with Crippen LogP contribution in [0.1, 0.15) is 43.6 Å². The zero-order valence-corrected chi connectivity index (χ0v) is 20.6. The molecule has 3 aromatic carbocycles. The molecule has 4 nitrogen and oxygen atoms in total. The lowest BCUT2D eigenvalue weighted by Crippen LogP contribution is -2.51. The van der Waals surface area contributed by atoms with Crippen molar-refractivity contribution < 1.29 is 14.2 Å². The van der Waals surface area contributed by atoms with Gasteiger partial charge in [-0.05, 0) is 68.3 Å². The predicted octanol–water partition coefficient (Wildman–Crippen LogP) is 7.44. The Kier molecular flexibility index (Phi) is 7.50. The molecule has 0 amide bonds. The van der Waals surface area contributed by atoms with Crippen molar-refractivity contribution in [1.29, 1.82) is 0 Å². The summed E-state index contributed by atoms with van der Waals surface area (Å²) in [6, 6.07) is 21.6. The van der Waals surface area contributed by atoms with Crippen molar-refractivity contribution in [3.8, 4) is 5.75 Å². The van der Waals surface area contributed by atoms with Crippen LogP contribution < -0.4 is 10.1 Å². The molecule has 0 saturated carbocycles. The lowest BCUT2D eigenvalue weighted by atomic mass is 9.87. The standard InChI is InChI=1S/C27H29Cl2NO3/c1-4-31-25-22-15-21(30-16-18-8-7-10-20(28)14-18)12-13-24(22)33-27(2,3)26(25)32-17-19-9-5-6-11-23(19)29/h5-15,25-26,30H,4,16-17H2,1-3H3. The van der Waals surface area contributed by atoms with Crippen LogP contribution in [0.2, 0.25) is 10.0 Å². The van der Waals surface area contributed by atoms with Gasteiger partial charge in [0, 0.05) is 34.4 Å². The maximum Gasteiger partial charge on any atom is 0.132 e. The number of nitrogens with one attached hydrogen (secondary N) is 1. The molecule has 2 unspecified atom stereocenters. The van der Waals surface area contributed by atoms with Gasteiger partial charge in [0.25, 0.3) is 0 Å². The number of hydrogen-bond donors (Lipinski definition) is 1. The van der Waals surface area contributed by atoms with Gasteiger partial charge < -0.3 is 19.5 Å². The van der Waals surface area contributed by atoms with Crippen LogP contribution in [0.15, 0.2) is 66.7 Å². The lowest BCUT2D eigenvalue weighted by Gasteiger charge is -2.44. The van der Waals surface area contributed by atoms with Gasteiger partial charge in [-0.3, -0.25) is 0 Å². The summed E-state index contributed by atoms with van der Waals surface area (Å²) in [6.07, 6.45) is -0.589. The van der Waals surface area contributed by atoms with Crippen molar-refractivity contribution in [2.45, 2.75) is 51.7 Å².